The molecule has 0 spiro atoms. The van der Waals surface area contributed by atoms with Gasteiger partial charge in [0, 0.05) is 22.6 Å². The second kappa shape index (κ2) is 8.13. The number of fused-ring (bicyclic) bond motifs is 1. The number of sulfone groups is 1. The molecule has 2 heterocycles. The van der Waals surface area contributed by atoms with Gasteiger partial charge in [0.25, 0.3) is 0 Å². The van der Waals surface area contributed by atoms with Crippen molar-refractivity contribution >= 4 is 32.8 Å². The van der Waals surface area contributed by atoms with Crippen LogP contribution in [0.4, 0.5) is 5.69 Å². The van der Waals surface area contributed by atoms with Gasteiger partial charge in [0.2, 0.25) is 15.7 Å². The summed E-state index contributed by atoms with van der Waals surface area (Å²) in [5.74, 6) is 0.439. The van der Waals surface area contributed by atoms with Crippen LogP contribution in [0.2, 0.25) is 0 Å². The molecule has 3 aromatic rings. The van der Waals surface area contributed by atoms with Gasteiger partial charge in [0.1, 0.15) is 10.6 Å². The van der Waals surface area contributed by atoms with Gasteiger partial charge in [0.05, 0.1) is 16.7 Å². The number of carbonyl (C=O) groups is 1. The Hall–Kier alpha value is -2.64. The van der Waals surface area contributed by atoms with Crippen molar-refractivity contribution in [3.05, 3.63) is 70.4 Å². The molecule has 0 saturated heterocycles. The van der Waals surface area contributed by atoms with Crippen molar-refractivity contribution in [2.45, 2.75) is 53.9 Å². The number of benzene rings is 2. The van der Waals surface area contributed by atoms with Gasteiger partial charge in [0.15, 0.2) is 0 Å². The molecule has 0 radical (unpaired) electrons. The molecule has 1 unspecified atom stereocenters. The minimum absolute atomic E-state index is 0.162. The third kappa shape index (κ3) is 3.88. The van der Waals surface area contributed by atoms with Crippen molar-refractivity contribution < 1.29 is 17.9 Å². The van der Waals surface area contributed by atoms with Crippen LogP contribution in [-0.2, 0) is 14.6 Å². The summed E-state index contributed by atoms with van der Waals surface area (Å²) in [5, 5.41) is 4.46. The van der Waals surface area contributed by atoms with Crippen molar-refractivity contribution in [2.24, 2.45) is 0 Å². The molecule has 1 aliphatic carbocycles. The predicted molar refractivity (Wildman–Crippen MR) is 121 cm³/mol. The summed E-state index contributed by atoms with van der Waals surface area (Å²) in [4.78, 5) is 13.8. The summed E-state index contributed by atoms with van der Waals surface area (Å²) in [7, 11) is -3.72. The number of thiophene rings is 1. The molecule has 5 nitrogen and oxygen atoms in total. The Balaban J connectivity index is 1.51. The lowest BCUT2D eigenvalue weighted by Crippen LogP contribution is -2.23. The molecule has 1 aromatic heterocycles. The number of anilines is 1. The highest BCUT2D eigenvalue weighted by Crippen LogP contribution is 2.46. The van der Waals surface area contributed by atoms with E-state index >= 15 is 0 Å². The fraction of sp³-hybridized carbons (Fsp3) is 0.292. The van der Waals surface area contributed by atoms with Crippen molar-refractivity contribution in [3.63, 3.8) is 0 Å². The van der Waals surface area contributed by atoms with E-state index in [1.54, 1.807) is 35.7 Å². The quantitative estimate of drug-likeness (QED) is 0.563. The predicted octanol–water partition coefficient (Wildman–Crippen LogP) is 5.38. The lowest BCUT2D eigenvalue weighted by atomic mass is 9.90. The first-order chi connectivity index (χ1) is 15.0. The molecule has 1 aliphatic heterocycles. The maximum absolute atomic E-state index is 13.2. The lowest BCUT2D eigenvalue weighted by molar-refractivity contribution is -0.116. The topological polar surface area (TPSA) is 72.5 Å². The highest BCUT2D eigenvalue weighted by molar-refractivity contribution is 7.91. The Labute approximate surface area is 186 Å². The first kappa shape index (κ1) is 20.3. The molecule has 2 aromatic carbocycles. The average Bonchev–Trinajstić information content (AvgIpc) is 3.44. The zero-order chi connectivity index (χ0) is 21.4. The van der Waals surface area contributed by atoms with E-state index in [9.17, 15) is 13.2 Å². The van der Waals surface area contributed by atoms with Gasteiger partial charge in [-0.1, -0.05) is 30.3 Å². The van der Waals surface area contributed by atoms with E-state index in [2.05, 4.69) is 5.32 Å². The SMILES string of the molecule is O=C1CC(c2cccc(OC3CCCC3)c2)c2scc(S(=O)(=O)c3ccccc3)c2N1. The molecule has 2 aliphatic rings. The molecule has 1 saturated carbocycles. The summed E-state index contributed by atoms with van der Waals surface area (Å²) in [6.07, 6.45) is 5.09. The molecule has 1 atom stereocenters. The monoisotopic (exact) mass is 453 g/mol. The van der Waals surface area contributed by atoms with Crippen LogP contribution in [0.1, 0.15) is 48.5 Å². The number of rotatable bonds is 5. The van der Waals surface area contributed by atoms with E-state index in [0.717, 1.165) is 29.0 Å². The zero-order valence-electron chi connectivity index (χ0n) is 16.9. The number of hydrogen-bond acceptors (Lipinski definition) is 5. The van der Waals surface area contributed by atoms with E-state index < -0.39 is 9.84 Å². The minimum atomic E-state index is -3.72. The fourth-order valence-corrected chi connectivity index (χ4v) is 7.33. The molecule has 160 valence electrons. The maximum atomic E-state index is 13.2. The Bertz CT molecular complexity index is 1210. The normalized spacial score (nSPS) is 19.1. The van der Waals surface area contributed by atoms with E-state index in [4.69, 9.17) is 4.74 Å². The summed E-state index contributed by atoms with van der Waals surface area (Å²) in [5.41, 5.74) is 1.38. The molecule has 1 amide bonds. The van der Waals surface area contributed by atoms with Crippen LogP contribution in [0.3, 0.4) is 0 Å². The van der Waals surface area contributed by atoms with Gasteiger partial charge < -0.3 is 10.1 Å². The maximum Gasteiger partial charge on any atom is 0.225 e. The first-order valence-corrected chi connectivity index (χ1v) is 12.9. The molecule has 5 rings (SSSR count). The number of carbonyl (C=O) groups excluding carboxylic acids is 1. The van der Waals surface area contributed by atoms with E-state index in [0.29, 0.717) is 5.69 Å². The van der Waals surface area contributed by atoms with Crippen LogP contribution in [0.25, 0.3) is 0 Å². The second-order valence-corrected chi connectivity index (χ2v) is 10.9. The molecular formula is C24H23NO4S2. The Morgan fingerprint density at radius 3 is 2.55 bits per heavy atom. The Morgan fingerprint density at radius 2 is 1.77 bits per heavy atom. The number of nitrogens with one attached hydrogen (secondary N) is 1. The van der Waals surface area contributed by atoms with Gasteiger partial charge in [-0.3, -0.25) is 4.79 Å². The molecule has 0 bridgehead atoms. The van der Waals surface area contributed by atoms with Crippen molar-refractivity contribution in [1.82, 2.24) is 0 Å². The summed E-state index contributed by atoms with van der Waals surface area (Å²) in [6, 6.07) is 16.2. The molecule has 7 heteroatoms. The zero-order valence-corrected chi connectivity index (χ0v) is 18.5. The Morgan fingerprint density at radius 1 is 1.00 bits per heavy atom. The van der Waals surface area contributed by atoms with Crippen LogP contribution in [0, 0.1) is 0 Å². The van der Waals surface area contributed by atoms with Gasteiger partial charge in [-0.2, -0.15) is 0 Å². The summed E-state index contributed by atoms with van der Waals surface area (Å²) < 4.78 is 32.5. The van der Waals surface area contributed by atoms with Gasteiger partial charge in [-0.25, -0.2) is 8.42 Å². The average molecular weight is 454 g/mol. The second-order valence-electron chi connectivity index (χ2n) is 8.06. The number of amides is 1. The standard InChI is InChI=1S/C24H23NO4S2/c26-22-14-20(16-7-6-10-18(13-16)29-17-8-4-5-9-17)24-23(25-22)21(15-30-24)31(27,28)19-11-2-1-3-12-19/h1-3,6-7,10-13,15,17,20H,4-5,8-9,14H2,(H,25,26). The van der Waals surface area contributed by atoms with E-state index in [1.165, 1.54) is 24.2 Å². The van der Waals surface area contributed by atoms with Crippen molar-refractivity contribution in [3.8, 4) is 5.75 Å². The third-order valence-electron chi connectivity index (χ3n) is 5.96. The smallest absolute Gasteiger partial charge is 0.225 e. The van der Waals surface area contributed by atoms with Gasteiger partial charge >= 0.3 is 0 Å². The van der Waals surface area contributed by atoms with Gasteiger partial charge in [-0.05, 0) is 55.5 Å². The van der Waals surface area contributed by atoms with Crippen LogP contribution in [0.5, 0.6) is 5.75 Å². The van der Waals surface area contributed by atoms with E-state index in [1.807, 2.05) is 24.3 Å². The van der Waals surface area contributed by atoms with Crippen molar-refractivity contribution in [2.75, 3.05) is 5.32 Å². The molecular weight excluding hydrogens is 430 g/mol. The lowest BCUT2D eigenvalue weighted by Gasteiger charge is -2.24. The van der Waals surface area contributed by atoms with Crippen LogP contribution in [0.15, 0.2) is 69.8 Å². The van der Waals surface area contributed by atoms with Crippen LogP contribution < -0.4 is 10.1 Å². The fourth-order valence-electron chi connectivity index (χ4n) is 4.40. The minimum Gasteiger partial charge on any atom is -0.490 e. The third-order valence-corrected chi connectivity index (χ3v) is 9.00. The summed E-state index contributed by atoms with van der Waals surface area (Å²) in [6.45, 7) is 0. The summed E-state index contributed by atoms with van der Waals surface area (Å²) >= 11 is 1.38. The van der Waals surface area contributed by atoms with Crippen LogP contribution >= 0.6 is 11.3 Å². The molecule has 31 heavy (non-hydrogen) atoms. The highest BCUT2D eigenvalue weighted by atomic mass is 32.2. The largest absolute Gasteiger partial charge is 0.490 e. The molecule has 1 N–H and O–H groups in total. The van der Waals surface area contributed by atoms with Gasteiger partial charge in [-0.15, -0.1) is 11.3 Å². The highest BCUT2D eigenvalue weighted by Gasteiger charge is 2.34. The van der Waals surface area contributed by atoms with E-state index in [-0.39, 0.29) is 34.1 Å². The Kier molecular flexibility index (Phi) is 5.32. The first-order valence-electron chi connectivity index (χ1n) is 10.5. The number of hydrogen-bond donors (Lipinski definition) is 1. The van der Waals surface area contributed by atoms with Crippen LogP contribution in [-0.4, -0.2) is 20.4 Å². The number of ether oxygens (including phenoxy) is 1. The molecule has 1 fully saturated rings. The van der Waals surface area contributed by atoms with Crippen molar-refractivity contribution in [1.29, 1.82) is 0 Å².